The molecule has 4 unspecified atom stereocenters. The molecular formula is C26H23FN2O3. The molecule has 32 heavy (non-hydrogen) atoms. The molecule has 2 N–H and O–H groups in total. The van der Waals surface area contributed by atoms with Gasteiger partial charge in [-0.05, 0) is 23.6 Å². The number of aliphatic hydroxyl groups excluding tert-OH is 1. The van der Waals surface area contributed by atoms with Crippen molar-refractivity contribution in [2.75, 3.05) is 13.2 Å². The fraction of sp³-hybridized carbons (Fsp3) is 0.269. The van der Waals surface area contributed by atoms with Gasteiger partial charge in [-0.15, -0.1) is 0 Å². The summed E-state index contributed by atoms with van der Waals surface area (Å²) in [6, 6.07) is 21.4. The average molecular weight is 430 g/mol. The van der Waals surface area contributed by atoms with Gasteiger partial charge in [0.15, 0.2) is 5.82 Å². The van der Waals surface area contributed by atoms with Crippen LogP contribution in [-0.4, -0.2) is 46.6 Å². The van der Waals surface area contributed by atoms with Gasteiger partial charge in [0.25, 0.3) is 0 Å². The first kappa shape index (κ1) is 19.6. The molecule has 2 aromatic carbocycles. The second-order valence-corrected chi connectivity index (χ2v) is 8.62. The number of benzene rings is 2. The van der Waals surface area contributed by atoms with Crippen molar-refractivity contribution in [3.05, 3.63) is 78.2 Å². The molecule has 0 bridgehead atoms. The molecule has 5 nitrogen and oxygen atoms in total. The number of ether oxygens (including phenoxy) is 2. The molecule has 6 heteroatoms. The summed E-state index contributed by atoms with van der Waals surface area (Å²) >= 11 is 0. The Balaban J connectivity index is 1.26. The highest BCUT2D eigenvalue weighted by Crippen LogP contribution is 2.34. The third-order valence-corrected chi connectivity index (χ3v) is 6.49. The molecule has 4 heterocycles. The lowest BCUT2D eigenvalue weighted by Gasteiger charge is -2.14. The Bertz CT molecular complexity index is 1260. The average Bonchev–Trinajstić information content (AvgIpc) is 3.51. The van der Waals surface area contributed by atoms with Crippen molar-refractivity contribution in [1.82, 2.24) is 9.97 Å². The van der Waals surface area contributed by atoms with Gasteiger partial charge in [0.2, 0.25) is 0 Å². The molecule has 0 radical (unpaired) electrons. The lowest BCUT2D eigenvalue weighted by Crippen LogP contribution is -2.29. The van der Waals surface area contributed by atoms with Gasteiger partial charge in [0.1, 0.15) is 17.9 Å². The van der Waals surface area contributed by atoms with E-state index < -0.39 is 6.10 Å². The minimum absolute atomic E-state index is 0.0974. The van der Waals surface area contributed by atoms with Gasteiger partial charge in [-0.25, -0.2) is 9.37 Å². The van der Waals surface area contributed by atoms with Crippen molar-refractivity contribution >= 4 is 11.0 Å². The van der Waals surface area contributed by atoms with Crippen molar-refractivity contribution in [3.63, 3.8) is 0 Å². The molecule has 0 spiro atoms. The summed E-state index contributed by atoms with van der Waals surface area (Å²) in [7, 11) is 0. The van der Waals surface area contributed by atoms with Crippen LogP contribution in [0.4, 0.5) is 4.39 Å². The topological polar surface area (TPSA) is 67.4 Å². The van der Waals surface area contributed by atoms with Gasteiger partial charge < -0.3 is 19.6 Å². The zero-order chi connectivity index (χ0) is 21.7. The molecule has 4 atom stereocenters. The van der Waals surface area contributed by atoms with Gasteiger partial charge in [-0.1, -0.05) is 54.6 Å². The fourth-order valence-corrected chi connectivity index (χ4v) is 4.87. The van der Waals surface area contributed by atoms with E-state index in [-0.39, 0.29) is 23.9 Å². The molecule has 2 aliphatic rings. The molecule has 4 aromatic rings. The fourth-order valence-electron chi connectivity index (χ4n) is 4.87. The van der Waals surface area contributed by atoms with Gasteiger partial charge in [-0.2, -0.15) is 0 Å². The number of hydrogen-bond donors (Lipinski definition) is 2. The summed E-state index contributed by atoms with van der Waals surface area (Å²) in [5.74, 6) is -0.204. The van der Waals surface area contributed by atoms with Crippen molar-refractivity contribution in [3.8, 4) is 22.4 Å². The smallest absolute Gasteiger partial charge is 0.151 e. The van der Waals surface area contributed by atoms with E-state index in [1.54, 1.807) is 0 Å². The van der Waals surface area contributed by atoms with Crippen LogP contribution < -0.4 is 0 Å². The summed E-state index contributed by atoms with van der Waals surface area (Å²) in [5.41, 5.74) is 5.65. The van der Waals surface area contributed by atoms with Crippen LogP contribution >= 0.6 is 0 Å². The van der Waals surface area contributed by atoms with Gasteiger partial charge in [0, 0.05) is 23.2 Å². The number of rotatable bonds is 4. The number of aromatic nitrogens is 2. The zero-order valence-electron chi connectivity index (χ0n) is 17.4. The van der Waals surface area contributed by atoms with E-state index in [1.165, 1.54) is 6.07 Å². The summed E-state index contributed by atoms with van der Waals surface area (Å²) in [6.07, 6.45) is -0.197. The molecule has 162 valence electrons. The largest absolute Gasteiger partial charge is 0.388 e. The number of halogens is 1. The minimum atomic E-state index is -0.556. The van der Waals surface area contributed by atoms with E-state index >= 15 is 0 Å². The van der Waals surface area contributed by atoms with E-state index in [9.17, 15) is 9.50 Å². The molecule has 2 saturated heterocycles. The van der Waals surface area contributed by atoms with Gasteiger partial charge in [-0.3, -0.25) is 0 Å². The second kappa shape index (κ2) is 7.81. The molecular weight excluding hydrogens is 407 g/mol. The van der Waals surface area contributed by atoms with Crippen LogP contribution in [0, 0.1) is 11.7 Å². The number of fused-ring (bicyclic) bond motifs is 2. The summed E-state index contributed by atoms with van der Waals surface area (Å²) in [4.78, 5) is 7.90. The van der Waals surface area contributed by atoms with Crippen LogP contribution in [0.1, 0.15) is 5.69 Å². The molecule has 6 rings (SSSR count). The van der Waals surface area contributed by atoms with Crippen LogP contribution in [0.5, 0.6) is 0 Å². The van der Waals surface area contributed by atoms with Crippen LogP contribution in [0.3, 0.4) is 0 Å². The second-order valence-electron chi connectivity index (χ2n) is 8.62. The maximum absolute atomic E-state index is 14.9. The van der Waals surface area contributed by atoms with E-state index in [0.29, 0.717) is 30.8 Å². The molecule has 2 aromatic heterocycles. The Hall–Kier alpha value is -3.06. The summed E-state index contributed by atoms with van der Waals surface area (Å²) in [5, 5.41) is 9.94. The Morgan fingerprint density at radius 1 is 0.906 bits per heavy atom. The number of aliphatic hydroxyl groups is 1. The van der Waals surface area contributed by atoms with Gasteiger partial charge >= 0.3 is 0 Å². The summed E-state index contributed by atoms with van der Waals surface area (Å²) < 4.78 is 26.4. The number of nitrogens with zero attached hydrogens (tertiary/aromatic N) is 1. The highest BCUT2D eigenvalue weighted by molar-refractivity contribution is 5.80. The van der Waals surface area contributed by atoms with Crippen LogP contribution in [0.15, 0.2) is 66.7 Å². The molecule has 2 aliphatic heterocycles. The maximum Gasteiger partial charge on any atom is 0.151 e. The van der Waals surface area contributed by atoms with Crippen LogP contribution in [0.2, 0.25) is 0 Å². The van der Waals surface area contributed by atoms with E-state index in [0.717, 1.165) is 27.9 Å². The van der Waals surface area contributed by atoms with Crippen LogP contribution in [0.25, 0.3) is 33.4 Å². The minimum Gasteiger partial charge on any atom is -0.388 e. The van der Waals surface area contributed by atoms with Crippen LogP contribution in [-0.2, 0) is 15.9 Å². The number of aromatic amines is 1. The first-order chi connectivity index (χ1) is 15.7. The first-order valence-electron chi connectivity index (χ1n) is 10.9. The maximum atomic E-state index is 14.9. The Labute approximate surface area is 184 Å². The standard InChI is InChI=1S/C26H23FN2O3/c27-20-12-22-21(11-19(28-22)10-18-13-31-26-23(30)14-32-25(18)26)29-24(20)17-8-6-16(7-9-17)15-4-2-1-3-5-15/h1-9,11-12,18,23,25-26,28,30H,10,13-14H2. The Morgan fingerprint density at radius 2 is 1.62 bits per heavy atom. The normalized spacial score (nSPS) is 24.8. The van der Waals surface area contributed by atoms with E-state index in [2.05, 4.69) is 22.1 Å². The molecule has 0 saturated carbocycles. The molecule has 0 aliphatic carbocycles. The highest BCUT2D eigenvalue weighted by Gasteiger charge is 2.46. The molecule has 0 amide bonds. The molecule has 2 fully saturated rings. The quantitative estimate of drug-likeness (QED) is 0.505. The Kier molecular flexibility index (Phi) is 4.79. The first-order valence-corrected chi connectivity index (χ1v) is 10.9. The lowest BCUT2D eigenvalue weighted by atomic mass is 9.96. The predicted octanol–water partition coefficient (Wildman–Crippen LogP) is 4.35. The SMILES string of the molecule is OC1COC2C(Cc3cc4nc(-c5ccc(-c6ccccc6)cc5)c(F)cc4[nH]3)COC12. The van der Waals surface area contributed by atoms with Crippen molar-refractivity contribution < 1.29 is 19.0 Å². The Morgan fingerprint density at radius 3 is 2.44 bits per heavy atom. The number of nitrogens with one attached hydrogen (secondary N) is 1. The van der Waals surface area contributed by atoms with Crippen molar-refractivity contribution in [1.29, 1.82) is 0 Å². The van der Waals surface area contributed by atoms with Gasteiger partial charge in [0.05, 0.1) is 30.4 Å². The number of hydrogen-bond acceptors (Lipinski definition) is 4. The third kappa shape index (κ3) is 3.41. The van der Waals surface area contributed by atoms with E-state index in [1.807, 2.05) is 48.5 Å². The van der Waals surface area contributed by atoms with Crippen molar-refractivity contribution in [2.24, 2.45) is 5.92 Å². The predicted molar refractivity (Wildman–Crippen MR) is 120 cm³/mol. The number of pyridine rings is 1. The van der Waals surface area contributed by atoms with Crippen molar-refractivity contribution in [2.45, 2.75) is 24.7 Å². The number of H-pyrrole nitrogens is 1. The third-order valence-electron chi connectivity index (χ3n) is 6.49. The summed E-state index contributed by atoms with van der Waals surface area (Å²) in [6.45, 7) is 0.861. The lowest BCUT2D eigenvalue weighted by molar-refractivity contribution is 0.0169. The highest BCUT2D eigenvalue weighted by atomic mass is 19.1. The van der Waals surface area contributed by atoms with E-state index in [4.69, 9.17) is 9.47 Å². The monoisotopic (exact) mass is 430 g/mol. The zero-order valence-corrected chi connectivity index (χ0v) is 17.4.